The van der Waals surface area contributed by atoms with Gasteiger partial charge in [-0.1, -0.05) is 12.8 Å². The molecule has 1 aromatic rings. The zero-order valence-corrected chi connectivity index (χ0v) is 15.0. The number of alkyl halides is 3. The maximum atomic E-state index is 13.2. The number of carbonyl (C=O) groups excluding carboxylic acids is 1. The maximum Gasteiger partial charge on any atom is 0.421 e. The molecule has 1 aliphatic rings. The number of hydrogen-bond donors (Lipinski definition) is 3. The van der Waals surface area contributed by atoms with Gasteiger partial charge in [0.15, 0.2) is 0 Å². The minimum absolute atomic E-state index is 0.257. The molecule has 0 bridgehead atoms. The van der Waals surface area contributed by atoms with Crippen LogP contribution in [0.3, 0.4) is 0 Å². The molecule has 7 nitrogen and oxygen atoms in total. The SMILES string of the molecule is CC(C)(C)OC(=O)N[C@@H]1CCCC[C@@H]1Nc1nc(N)ncc1C(F)(F)F. The molecule has 1 aromatic heterocycles. The molecule has 1 heterocycles. The summed E-state index contributed by atoms with van der Waals surface area (Å²) in [6, 6.07) is -0.803. The summed E-state index contributed by atoms with van der Waals surface area (Å²) in [6.45, 7) is 5.22. The zero-order chi connectivity index (χ0) is 19.5. The normalized spacial score (nSPS) is 21.2. The van der Waals surface area contributed by atoms with Gasteiger partial charge >= 0.3 is 12.3 Å². The third-order valence-electron chi connectivity index (χ3n) is 3.90. The lowest BCUT2D eigenvalue weighted by Gasteiger charge is -2.34. The van der Waals surface area contributed by atoms with Crippen LogP contribution < -0.4 is 16.4 Å². The third-order valence-corrected chi connectivity index (χ3v) is 3.90. The quantitative estimate of drug-likeness (QED) is 0.749. The first kappa shape index (κ1) is 20.1. The van der Waals surface area contributed by atoms with Crippen molar-refractivity contribution in [2.45, 2.75) is 70.3 Å². The molecule has 0 saturated heterocycles. The molecule has 10 heteroatoms. The average molecular weight is 375 g/mol. The van der Waals surface area contributed by atoms with E-state index in [1.165, 1.54) is 0 Å². The number of hydrogen-bond acceptors (Lipinski definition) is 6. The Labute approximate surface area is 149 Å². The van der Waals surface area contributed by atoms with Gasteiger partial charge in [-0.25, -0.2) is 9.78 Å². The van der Waals surface area contributed by atoms with Crippen LogP contribution in [0, 0.1) is 0 Å². The van der Waals surface area contributed by atoms with Gasteiger partial charge in [0.05, 0.1) is 6.04 Å². The number of anilines is 2. The van der Waals surface area contributed by atoms with Crippen molar-refractivity contribution in [2.24, 2.45) is 0 Å². The Balaban J connectivity index is 2.16. The van der Waals surface area contributed by atoms with Crippen molar-refractivity contribution >= 4 is 17.9 Å². The lowest BCUT2D eigenvalue weighted by Crippen LogP contribution is -2.50. The van der Waals surface area contributed by atoms with Crippen molar-refractivity contribution < 1.29 is 22.7 Å². The van der Waals surface area contributed by atoms with Crippen LogP contribution in [0.2, 0.25) is 0 Å². The maximum absolute atomic E-state index is 13.2. The van der Waals surface area contributed by atoms with E-state index in [2.05, 4.69) is 20.6 Å². The third kappa shape index (κ3) is 5.63. The summed E-state index contributed by atoms with van der Waals surface area (Å²) in [4.78, 5) is 19.1. The molecular weight excluding hydrogens is 351 g/mol. The molecule has 4 N–H and O–H groups in total. The Morgan fingerprint density at radius 2 is 1.85 bits per heavy atom. The highest BCUT2D eigenvalue weighted by Crippen LogP contribution is 2.34. The number of halogens is 3. The number of nitrogens with zero attached hydrogens (tertiary/aromatic N) is 2. The zero-order valence-electron chi connectivity index (χ0n) is 15.0. The highest BCUT2D eigenvalue weighted by Gasteiger charge is 2.37. The second-order valence-corrected chi connectivity index (χ2v) is 7.28. The van der Waals surface area contributed by atoms with Crippen LogP contribution >= 0.6 is 0 Å². The fourth-order valence-corrected chi connectivity index (χ4v) is 2.82. The summed E-state index contributed by atoms with van der Waals surface area (Å²) in [6.07, 6.45) is -1.67. The summed E-state index contributed by atoms with van der Waals surface area (Å²) >= 11 is 0. The van der Waals surface area contributed by atoms with Crippen LogP contribution in [-0.4, -0.2) is 33.7 Å². The van der Waals surface area contributed by atoms with E-state index in [-0.39, 0.29) is 17.8 Å². The average Bonchev–Trinajstić information content (AvgIpc) is 2.46. The topological polar surface area (TPSA) is 102 Å². The minimum atomic E-state index is -4.61. The van der Waals surface area contributed by atoms with Crippen LogP contribution in [0.5, 0.6) is 0 Å². The molecule has 1 aliphatic carbocycles. The van der Waals surface area contributed by atoms with Crippen LogP contribution in [-0.2, 0) is 10.9 Å². The number of nitrogen functional groups attached to an aromatic ring is 1. The number of ether oxygens (including phenoxy) is 1. The Bertz CT molecular complexity index is 646. The highest BCUT2D eigenvalue weighted by atomic mass is 19.4. The number of nitrogens with two attached hydrogens (primary N) is 1. The predicted octanol–water partition coefficient (Wildman–Crippen LogP) is 3.33. The van der Waals surface area contributed by atoms with E-state index in [4.69, 9.17) is 10.5 Å². The molecule has 146 valence electrons. The first-order chi connectivity index (χ1) is 12.0. The van der Waals surface area contributed by atoms with Gasteiger partial charge in [0.2, 0.25) is 5.95 Å². The van der Waals surface area contributed by atoms with Gasteiger partial charge in [-0.3, -0.25) is 0 Å². The molecular formula is C16H24F3N5O2. The standard InChI is InChI=1S/C16H24F3N5O2/c1-15(2,3)26-14(25)23-11-7-5-4-6-10(11)22-12-9(16(17,18)19)8-21-13(20)24-12/h8,10-11H,4-7H2,1-3H3,(H,23,25)(H3,20,21,22,24)/t10-,11+/m0/s1. The summed E-state index contributed by atoms with van der Waals surface area (Å²) < 4.78 is 44.8. The molecule has 2 rings (SSSR count). The number of nitrogens with one attached hydrogen (secondary N) is 2. The van der Waals surface area contributed by atoms with Crippen LogP contribution in [0.15, 0.2) is 6.20 Å². The van der Waals surface area contributed by atoms with Crippen molar-refractivity contribution in [1.82, 2.24) is 15.3 Å². The molecule has 1 fully saturated rings. The van der Waals surface area contributed by atoms with Crippen LogP contribution in [0.4, 0.5) is 29.7 Å². The fourth-order valence-electron chi connectivity index (χ4n) is 2.82. The summed E-state index contributed by atoms with van der Waals surface area (Å²) in [5, 5.41) is 5.53. The molecule has 0 aromatic carbocycles. The van der Waals surface area contributed by atoms with Gasteiger partial charge in [0.25, 0.3) is 0 Å². The van der Waals surface area contributed by atoms with E-state index in [1.807, 2.05) is 0 Å². The van der Waals surface area contributed by atoms with Crippen molar-refractivity contribution in [3.63, 3.8) is 0 Å². The van der Waals surface area contributed by atoms with Crippen LogP contribution in [0.1, 0.15) is 52.0 Å². The smallest absolute Gasteiger partial charge is 0.421 e. The first-order valence-corrected chi connectivity index (χ1v) is 8.41. The molecule has 0 radical (unpaired) electrons. The van der Waals surface area contributed by atoms with Gasteiger partial charge in [-0.2, -0.15) is 18.2 Å². The van der Waals surface area contributed by atoms with E-state index in [0.29, 0.717) is 19.0 Å². The number of alkyl carbamates (subject to hydrolysis) is 1. The van der Waals surface area contributed by atoms with Crippen molar-refractivity contribution in [3.05, 3.63) is 11.8 Å². The largest absolute Gasteiger partial charge is 0.444 e. The Morgan fingerprint density at radius 3 is 2.42 bits per heavy atom. The monoisotopic (exact) mass is 375 g/mol. The Hall–Kier alpha value is -2.26. The molecule has 1 amide bonds. The van der Waals surface area contributed by atoms with E-state index < -0.39 is 29.5 Å². The van der Waals surface area contributed by atoms with E-state index in [0.717, 1.165) is 12.8 Å². The van der Waals surface area contributed by atoms with Gasteiger partial charge in [-0.15, -0.1) is 0 Å². The fraction of sp³-hybridized carbons (Fsp3) is 0.688. The van der Waals surface area contributed by atoms with E-state index in [1.54, 1.807) is 20.8 Å². The Morgan fingerprint density at radius 1 is 1.23 bits per heavy atom. The summed E-state index contributed by atoms with van der Waals surface area (Å²) in [5.41, 5.74) is 3.79. The number of amides is 1. The number of carbonyl (C=O) groups is 1. The lowest BCUT2D eigenvalue weighted by atomic mass is 9.90. The summed E-state index contributed by atoms with van der Waals surface area (Å²) in [7, 11) is 0. The van der Waals surface area contributed by atoms with Crippen molar-refractivity contribution in [1.29, 1.82) is 0 Å². The number of aromatic nitrogens is 2. The molecule has 0 aliphatic heterocycles. The van der Waals surface area contributed by atoms with Gasteiger partial charge in [0, 0.05) is 12.2 Å². The second kappa shape index (κ2) is 7.55. The molecule has 26 heavy (non-hydrogen) atoms. The molecule has 2 atom stereocenters. The van der Waals surface area contributed by atoms with Crippen LogP contribution in [0.25, 0.3) is 0 Å². The van der Waals surface area contributed by atoms with Crippen molar-refractivity contribution in [3.8, 4) is 0 Å². The van der Waals surface area contributed by atoms with Crippen molar-refractivity contribution in [2.75, 3.05) is 11.1 Å². The van der Waals surface area contributed by atoms with E-state index >= 15 is 0 Å². The van der Waals surface area contributed by atoms with E-state index in [9.17, 15) is 18.0 Å². The Kier molecular flexibility index (Phi) is 5.82. The second-order valence-electron chi connectivity index (χ2n) is 7.28. The van der Waals surface area contributed by atoms with Gasteiger partial charge < -0.3 is 21.1 Å². The lowest BCUT2D eigenvalue weighted by molar-refractivity contribution is -0.137. The number of rotatable bonds is 3. The predicted molar refractivity (Wildman–Crippen MR) is 90.5 cm³/mol. The van der Waals surface area contributed by atoms with Gasteiger partial charge in [0.1, 0.15) is 17.0 Å². The molecule has 0 unspecified atom stereocenters. The molecule has 0 spiro atoms. The minimum Gasteiger partial charge on any atom is -0.444 e. The van der Waals surface area contributed by atoms with Gasteiger partial charge in [-0.05, 0) is 33.6 Å². The molecule has 1 saturated carbocycles. The first-order valence-electron chi connectivity index (χ1n) is 8.41. The summed E-state index contributed by atoms with van der Waals surface area (Å²) in [5.74, 6) is -0.638. The highest BCUT2D eigenvalue weighted by molar-refractivity contribution is 5.68.